The fraction of sp³-hybridized carbons (Fsp3) is 0.148. The van der Waals surface area contributed by atoms with Gasteiger partial charge in [-0.1, -0.05) is 17.7 Å². The summed E-state index contributed by atoms with van der Waals surface area (Å²) in [5.74, 6) is 1.34. The van der Waals surface area contributed by atoms with E-state index in [2.05, 4.69) is 0 Å². The Morgan fingerprint density at radius 2 is 1.56 bits per heavy atom. The van der Waals surface area contributed by atoms with E-state index in [4.69, 9.17) is 35.5 Å². The lowest BCUT2D eigenvalue weighted by Crippen LogP contribution is -2.22. The number of methoxy groups -OCH3 is 4. The summed E-state index contributed by atoms with van der Waals surface area (Å²) in [5, 5.41) is 0.871. The number of rotatable bonds is 7. The Hall–Kier alpha value is -4.30. The van der Waals surface area contributed by atoms with Crippen LogP contribution in [0.2, 0.25) is 5.02 Å². The van der Waals surface area contributed by atoms with Gasteiger partial charge in [-0.25, -0.2) is 9.78 Å². The minimum absolute atomic E-state index is 0.285. The van der Waals surface area contributed by atoms with Crippen molar-refractivity contribution in [2.75, 3.05) is 28.4 Å². The summed E-state index contributed by atoms with van der Waals surface area (Å²) >= 11 is 6.16. The lowest BCUT2D eigenvalue weighted by molar-refractivity contribution is 0.0600. The number of hydrogen-bond acceptors (Lipinski definition) is 7. The van der Waals surface area contributed by atoms with Crippen LogP contribution in [0.3, 0.4) is 0 Å². The molecule has 0 unspecified atom stereocenters. The van der Waals surface area contributed by atoms with Crippen LogP contribution in [-0.4, -0.2) is 44.0 Å². The van der Waals surface area contributed by atoms with E-state index in [1.165, 1.54) is 33.0 Å². The SMILES string of the molecule is COC(=O)c1ccc(-n2c(/C=C/c3cc(OC)c(OC)c(OC)c3)nc3cc(Cl)ccc3c2=O)cc1. The average molecular weight is 507 g/mol. The third-order valence-corrected chi connectivity index (χ3v) is 5.75. The van der Waals surface area contributed by atoms with E-state index < -0.39 is 5.97 Å². The molecule has 0 saturated heterocycles. The molecule has 4 aromatic rings. The van der Waals surface area contributed by atoms with Crippen LogP contribution in [-0.2, 0) is 4.74 Å². The number of benzene rings is 3. The zero-order valence-electron chi connectivity index (χ0n) is 20.1. The predicted molar refractivity (Wildman–Crippen MR) is 139 cm³/mol. The Bertz CT molecular complexity index is 1500. The molecule has 36 heavy (non-hydrogen) atoms. The maximum Gasteiger partial charge on any atom is 0.337 e. The average Bonchev–Trinajstić information content (AvgIpc) is 2.90. The first-order valence-corrected chi connectivity index (χ1v) is 11.2. The van der Waals surface area contributed by atoms with Gasteiger partial charge in [0.25, 0.3) is 5.56 Å². The molecule has 0 saturated carbocycles. The third-order valence-electron chi connectivity index (χ3n) is 5.52. The third kappa shape index (κ3) is 4.76. The fourth-order valence-corrected chi connectivity index (χ4v) is 3.94. The van der Waals surface area contributed by atoms with E-state index in [0.29, 0.717) is 50.2 Å². The second-order valence-electron chi connectivity index (χ2n) is 7.60. The molecule has 1 heterocycles. The first-order valence-electron chi connectivity index (χ1n) is 10.8. The summed E-state index contributed by atoms with van der Waals surface area (Å²) in [6.07, 6.45) is 3.48. The molecule has 0 aliphatic heterocycles. The molecule has 3 aromatic carbocycles. The van der Waals surface area contributed by atoms with Crippen molar-refractivity contribution in [1.82, 2.24) is 9.55 Å². The number of aromatic nitrogens is 2. The van der Waals surface area contributed by atoms with E-state index in [1.807, 2.05) is 0 Å². The summed E-state index contributed by atoms with van der Waals surface area (Å²) in [6, 6.07) is 15.0. The van der Waals surface area contributed by atoms with Gasteiger partial charge in [0.15, 0.2) is 11.5 Å². The first-order chi connectivity index (χ1) is 17.4. The lowest BCUT2D eigenvalue weighted by Gasteiger charge is -2.13. The molecule has 1 aromatic heterocycles. The number of carbonyl (C=O) groups is 1. The van der Waals surface area contributed by atoms with Gasteiger partial charge in [-0.05, 0) is 66.2 Å². The molecular weight excluding hydrogens is 484 g/mol. The van der Waals surface area contributed by atoms with Crippen LogP contribution in [0.1, 0.15) is 21.7 Å². The van der Waals surface area contributed by atoms with Gasteiger partial charge in [-0.3, -0.25) is 9.36 Å². The molecule has 9 heteroatoms. The summed E-state index contributed by atoms with van der Waals surface area (Å²) in [5.41, 5.74) is 1.80. The maximum atomic E-state index is 13.5. The van der Waals surface area contributed by atoms with Crippen molar-refractivity contribution < 1.29 is 23.7 Å². The summed E-state index contributed by atoms with van der Waals surface area (Å²) < 4.78 is 22.5. The molecule has 0 atom stereocenters. The van der Waals surface area contributed by atoms with Crippen molar-refractivity contribution in [1.29, 1.82) is 0 Å². The Morgan fingerprint density at radius 1 is 0.889 bits per heavy atom. The van der Waals surface area contributed by atoms with E-state index in [1.54, 1.807) is 66.7 Å². The number of hydrogen-bond donors (Lipinski definition) is 0. The normalized spacial score (nSPS) is 11.0. The standard InChI is InChI=1S/C27H23ClN2O6/c1-33-22-13-16(14-23(34-2)25(22)35-3)5-12-24-29-21-15-18(28)8-11-20(21)26(31)30(24)19-9-6-17(7-10-19)27(32)36-4/h5-15H,1-4H3/b12-5+. The van der Waals surface area contributed by atoms with Crippen molar-refractivity contribution in [2.45, 2.75) is 0 Å². The number of fused-ring (bicyclic) bond motifs is 1. The highest BCUT2D eigenvalue weighted by molar-refractivity contribution is 6.31. The quantitative estimate of drug-likeness (QED) is 0.325. The summed E-state index contributed by atoms with van der Waals surface area (Å²) in [6.45, 7) is 0. The maximum absolute atomic E-state index is 13.5. The van der Waals surface area contributed by atoms with Crippen LogP contribution in [0.15, 0.2) is 59.4 Å². The second-order valence-corrected chi connectivity index (χ2v) is 8.04. The monoisotopic (exact) mass is 506 g/mol. The number of esters is 1. The van der Waals surface area contributed by atoms with Gasteiger partial charge in [-0.15, -0.1) is 0 Å². The molecule has 0 spiro atoms. The molecule has 184 valence electrons. The Labute approximate surface area is 212 Å². The van der Waals surface area contributed by atoms with Crippen molar-refractivity contribution >= 4 is 40.6 Å². The van der Waals surface area contributed by atoms with Crippen molar-refractivity contribution in [3.8, 4) is 22.9 Å². The molecule has 0 N–H and O–H groups in total. The molecule has 8 nitrogen and oxygen atoms in total. The topological polar surface area (TPSA) is 88.9 Å². The number of carbonyl (C=O) groups excluding carboxylic acids is 1. The van der Waals surface area contributed by atoms with Crippen LogP contribution >= 0.6 is 11.6 Å². The van der Waals surface area contributed by atoms with Crippen molar-refractivity contribution in [3.05, 3.63) is 86.9 Å². The predicted octanol–water partition coefficient (Wildman–Crippen LogP) is 5.02. The molecule has 4 rings (SSSR count). The van der Waals surface area contributed by atoms with Crippen LogP contribution in [0, 0.1) is 0 Å². The molecule has 0 aliphatic carbocycles. The van der Waals surface area contributed by atoms with E-state index in [-0.39, 0.29) is 5.56 Å². The zero-order chi connectivity index (χ0) is 25.8. The minimum atomic E-state index is -0.470. The highest BCUT2D eigenvalue weighted by atomic mass is 35.5. The molecule has 0 radical (unpaired) electrons. The van der Waals surface area contributed by atoms with Crippen molar-refractivity contribution in [3.63, 3.8) is 0 Å². The van der Waals surface area contributed by atoms with E-state index in [9.17, 15) is 9.59 Å². The molecular formula is C27H23ClN2O6. The molecule has 0 amide bonds. The van der Waals surface area contributed by atoms with Crippen LogP contribution in [0.25, 0.3) is 28.7 Å². The smallest absolute Gasteiger partial charge is 0.337 e. The van der Waals surface area contributed by atoms with Gasteiger partial charge >= 0.3 is 5.97 Å². The van der Waals surface area contributed by atoms with Gasteiger partial charge in [0.1, 0.15) is 5.82 Å². The summed E-state index contributed by atoms with van der Waals surface area (Å²) in [7, 11) is 5.92. The van der Waals surface area contributed by atoms with Gasteiger partial charge in [0.05, 0.1) is 50.6 Å². The van der Waals surface area contributed by atoms with Crippen molar-refractivity contribution in [2.24, 2.45) is 0 Å². The van der Waals surface area contributed by atoms with Gasteiger partial charge in [-0.2, -0.15) is 0 Å². The zero-order valence-corrected chi connectivity index (χ0v) is 20.8. The highest BCUT2D eigenvalue weighted by Gasteiger charge is 2.15. The molecule has 0 fully saturated rings. The fourth-order valence-electron chi connectivity index (χ4n) is 3.77. The summed E-state index contributed by atoms with van der Waals surface area (Å²) in [4.78, 5) is 30.1. The van der Waals surface area contributed by atoms with Gasteiger partial charge < -0.3 is 18.9 Å². The highest BCUT2D eigenvalue weighted by Crippen LogP contribution is 2.38. The van der Waals surface area contributed by atoms with Crippen LogP contribution < -0.4 is 19.8 Å². The van der Waals surface area contributed by atoms with E-state index >= 15 is 0 Å². The Kier molecular flexibility index (Phi) is 7.26. The molecule has 0 bridgehead atoms. The Morgan fingerprint density at radius 3 is 2.14 bits per heavy atom. The Balaban J connectivity index is 1.89. The van der Waals surface area contributed by atoms with Crippen LogP contribution in [0.5, 0.6) is 17.2 Å². The van der Waals surface area contributed by atoms with Gasteiger partial charge in [0.2, 0.25) is 5.75 Å². The first kappa shape index (κ1) is 24.8. The second kappa shape index (κ2) is 10.5. The molecule has 0 aliphatic rings. The van der Waals surface area contributed by atoms with E-state index in [0.717, 1.165) is 5.56 Å². The van der Waals surface area contributed by atoms with Crippen LogP contribution in [0.4, 0.5) is 0 Å². The minimum Gasteiger partial charge on any atom is -0.493 e. The van der Waals surface area contributed by atoms with Gasteiger partial charge in [0, 0.05) is 5.02 Å². The largest absolute Gasteiger partial charge is 0.493 e. The lowest BCUT2D eigenvalue weighted by atomic mass is 10.1. The number of nitrogens with zero attached hydrogens (tertiary/aromatic N) is 2. The number of halogens is 1. The number of ether oxygens (including phenoxy) is 4.